The lowest BCUT2D eigenvalue weighted by molar-refractivity contribution is -0.120. The fraction of sp³-hybridized carbons (Fsp3) is 0.417. The zero-order valence-electron chi connectivity index (χ0n) is 9.84. The number of benzene rings is 1. The Kier molecular flexibility index (Phi) is 4.64. The van der Waals surface area contributed by atoms with Crippen LogP contribution in [0.3, 0.4) is 0 Å². The topological polar surface area (TPSA) is 67.2 Å². The molecule has 0 atom stereocenters. The van der Waals surface area contributed by atoms with Crippen molar-refractivity contribution >= 4 is 17.3 Å². The molecular weight excluding hydrogens is 202 g/mol. The normalized spacial score (nSPS) is 9.88. The van der Waals surface area contributed by atoms with Gasteiger partial charge < -0.3 is 16.4 Å². The van der Waals surface area contributed by atoms with E-state index in [9.17, 15) is 4.79 Å². The van der Waals surface area contributed by atoms with E-state index in [-0.39, 0.29) is 5.91 Å². The van der Waals surface area contributed by atoms with Crippen LogP contribution in [0, 0.1) is 6.92 Å². The summed E-state index contributed by atoms with van der Waals surface area (Å²) in [6.45, 7) is 5.17. The summed E-state index contributed by atoms with van der Waals surface area (Å²) in [6, 6.07) is 5.83. The van der Waals surface area contributed by atoms with E-state index in [1.807, 2.05) is 32.0 Å². The van der Waals surface area contributed by atoms with Crippen molar-refractivity contribution in [2.24, 2.45) is 0 Å². The lowest BCUT2D eigenvalue weighted by Crippen LogP contribution is -2.24. The zero-order chi connectivity index (χ0) is 12.0. The molecule has 0 spiro atoms. The number of carbonyl (C=O) groups is 1. The molecule has 4 heteroatoms. The van der Waals surface area contributed by atoms with Crippen molar-refractivity contribution < 1.29 is 4.79 Å². The van der Waals surface area contributed by atoms with Crippen LogP contribution in [-0.2, 0) is 4.79 Å². The number of anilines is 2. The van der Waals surface area contributed by atoms with Crippen molar-refractivity contribution in [1.29, 1.82) is 0 Å². The summed E-state index contributed by atoms with van der Waals surface area (Å²) in [7, 11) is 0. The minimum Gasteiger partial charge on any atom is -0.397 e. The van der Waals surface area contributed by atoms with Crippen LogP contribution in [0.15, 0.2) is 18.2 Å². The first-order chi connectivity index (χ1) is 7.63. The Bertz CT molecular complexity index is 363. The highest BCUT2D eigenvalue weighted by Gasteiger charge is 2.01. The minimum atomic E-state index is 0.0562. The van der Waals surface area contributed by atoms with Gasteiger partial charge in [-0.3, -0.25) is 4.79 Å². The summed E-state index contributed by atoms with van der Waals surface area (Å²) in [4.78, 5) is 11.2. The first-order valence-corrected chi connectivity index (χ1v) is 5.50. The van der Waals surface area contributed by atoms with Gasteiger partial charge in [-0.25, -0.2) is 0 Å². The Morgan fingerprint density at radius 3 is 2.81 bits per heavy atom. The van der Waals surface area contributed by atoms with Gasteiger partial charge in [0.1, 0.15) is 0 Å². The maximum absolute atomic E-state index is 11.2. The molecule has 0 saturated carbocycles. The average Bonchev–Trinajstić information content (AvgIpc) is 2.22. The van der Waals surface area contributed by atoms with E-state index in [2.05, 4.69) is 10.6 Å². The van der Waals surface area contributed by atoms with Crippen molar-refractivity contribution in [3.8, 4) is 0 Å². The van der Waals surface area contributed by atoms with Crippen molar-refractivity contribution in [3.63, 3.8) is 0 Å². The summed E-state index contributed by atoms with van der Waals surface area (Å²) in [5.41, 5.74) is 8.57. The molecule has 4 nitrogen and oxygen atoms in total. The molecular formula is C12H19N3O. The van der Waals surface area contributed by atoms with E-state index in [0.29, 0.717) is 19.5 Å². The number of carbonyl (C=O) groups excluding carboxylic acids is 1. The standard InChI is InChI=1S/C12H19N3O/c1-3-14-12(16)6-7-15-11-5-4-9(2)8-10(11)13/h4-5,8,15H,3,6-7,13H2,1-2H3,(H,14,16). The molecule has 88 valence electrons. The summed E-state index contributed by atoms with van der Waals surface area (Å²) in [5, 5.41) is 5.89. The number of hydrogen-bond donors (Lipinski definition) is 3. The molecule has 4 N–H and O–H groups in total. The molecule has 0 unspecified atom stereocenters. The maximum Gasteiger partial charge on any atom is 0.221 e. The zero-order valence-corrected chi connectivity index (χ0v) is 9.84. The highest BCUT2D eigenvalue weighted by atomic mass is 16.1. The second-order valence-corrected chi connectivity index (χ2v) is 3.72. The van der Waals surface area contributed by atoms with Crippen LogP contribution in [0.25, 0.3) is 0 Å². The van der Waals surface area contributed by atoms with E-state index in [1.54, 1.807) is 0 Å². The molecule has 1 aromatic carbocycles. The summed E-state index contributed by atoms with van der Waals surface area (Å²) in [6.07, 6.45) is 0.459. The number of aryl methyl sites for hydroxylation is 1. The van der Waals surface area contributed by atoms with Gasteiger partial charge in [-0.05, 0) is 31.5 Å². The molecule has 1 rings (SSSR count). The van der Waals surface area contributed by atoms with Gasteiger partial charge in [-0.1, -0.05) is 6.07 Å². The molecule has 0 fully saturated rings. The van der Waals surface area contributed by atoms with E-state index in [0.717, 1.165) is 16.9 Å². The number of hydrogen-bond acceptors (Lipinski definition) is 3. The monoisotopic (exact) mass is 221 g/mol. The number of amides is 1. The van der Waals surface area contributed by atoms with Crippen molar-refractivity contribution in [2.75, 3.05) is 24.1 Å². The van der Waals surface area contributed by atoms with Gasteiger partial charge in [0.2, 0.25) is 5.91 Å². The lowest BCUT2D eigenvalue weighted by Gasteiger charge is -2.09. The molecule has 0 aromatic heterocycles. The highest BCUT2D eigenvalue weighted by Crippen LogP contribution is 2.18. The molecule has 0 bridgehead atoms. The van der Waals surface area contributed by atoms with Gasteiger partial charge in [0, 0.05) is 19.5 Å². The smallest absolute Gasteiger partial charge is 0.221 e. The Balaban J connectivity index is 2.40. The van der Waals surface area contributed by atoms with Gasteiger partial charge in [0.05, 0.1) is 11.4 Å². The van der Waals surface area contributed by atoms with Gasteiger partial charge >= 0.3 is 0 Å². The molecule has 0 aliphatic rings. The first kappa shape index (κ1) is 12.4. The summed E-state index contributed by atoms with van der Waals surface area (Å²) >= 11 is 0. The van der Waals surface area contributed by atoms with Crippen LogP contribution >= 0.6 is 0 Å². The number of nitrogens with one attached hydrogen (secondary N) is 2. The fourth-order valence-corrected chi connectivity index (χ4v) is 1.44. The molecule has 0 heterocycles. The molecule has 0 radical (unpaired) electrons. The SMILES string of the molecule is CCNC(=O)CCNc1ccc(C)cc1N. The summed E-state index contributed by atoms with van der Waals surface area (Å²) in [5.74, 6) is 0.0562. The number of rotatable bonds is 5. The predicted octanol–water partition coefficient (Wildman–Crippen LogP) is 1.52. The van der Waals surface area contributed by atoms with E-state index in [4.69, 9.17) is 5.73 Å². The maximum atomic E-state index is 11.2. The van der Waals surface area contributed by atoms with Crippen molar-refractivity contribution in [1.82, 2.24) is 5.32 Å². The minimum absolute atomic E-state index is 0.0562. The molecule has 0 saturated heterocycles. The lowest BCUT2D eigenvalue weighted by atomic mass is 10.2. The van der Waals surface area contributed by atoms with Crippen LogP contribution in [0.5, 0.6) is 0 Å². The van der Waals surface area contributed by atoms with Gasteiger partial charge in [0.25, 0.3) is 0 Å². The third-order valence-corrected chi connectivity index (χ3v) is 2.25. The molecule has 1 amide bonds. The summed E-state index contributed by atoms with van der Waals surface area (Å²) < 4.78 is 0. The van der Waals surface area contributed by atoms with Crippen molar-refractivity contribution in [2.45, 2.75) is 20.3 Å². The second-order valence-electron chi connectivity index (χ2n) is 3.72. The van der Waals surface area contributed by atoms with Gasteiger partial charge in [-0.2, -0.15) is 0 Å². The largest absolute Gasteiger partial charge is 0.397 e. The third-order valence-electron chi connectivity index (χ3n) is 2.25. The Morgan fingerprint density at radius 1 is 1.44 bits per heavy atom. The third kappa shape index (κ3) is 3.81. The van der Waals surface area contributed by atoms with Gasteiger partial charge in [0.15, 0.2) is 0 Å². The second kappa shape index (κ2) is 6.00. The molecule has 1 aromatic rings. The van der Waals surface area contributed by atoms with Crippen LogP contribution in [-0.4, -0.2) is 19.0 Å². The van der Waals surface area contributed by atoms with E-state index >= 15 is 0 Å². The van der Waals surface area contributed by atoms with Gasteiger partial charge in [-0.15, -0.1) is 0 Å². The quantitative estimate of drug-likeness (QED) is 0.660. The molecule has 16 heavy (non-hydrogen) atoms. The molecule has 0 aliphatic heterocycles. The van der Waals surface area contributed by atoms with E-state index < -0.39 is 0 Å². The predicted molar refractivity (Wildman–Crippen MR) is 67.4 cm³/mol. The fourth-order valence-electron chi connectivity index (χ4n) is 1.44. The van der Waals surface area contributed by atoms with Crippen LogP contribution in [0.4, 0.5) is 11.4 Å². The first-order valence-electron chi connectivity index (χ1n) is 5.50. The van der Waals surface area contributed by atoms with E-state index in [1.165, 1.54) is 0 Å². The van der Waals surface area contributed by atoms with Crippen LogP contribution < -0.4 is 16.4 Å². The van der Waals surface area contributed by atoms with Crippen molar-refractivity contribution in [3.05, 3.63) is 23.8 Å². The number of nitrogen functional groups attached to an aromatic ring is 1. The van der Waals surface area contributed by atoms with Crippen LogP contribution in [0.1, 0.15) is 18.9 Å². The Hall–Kier alpha value is -1.71. The number of nitrogens with two attached hydrogens (primary N) is 1. The van der Waals surface area contributed by atoms with Crippen LogP contribution in [0.2, 0.25) is 0 Å². The average molecular weight is 221 g/mol. The highest BCUT2D eigenvalue weighted by molar-refractivity contribution is 5.76. The Morgan fingerprint density at radius 2 is 2.19 bits per heavy atom. The molecule has 0 aliphatic carbocycles. The Labute approximate surface area is 96.2 Å².